The van der Waals surface area contributed by atoms with Crippen LogP contribution in [-0.2, 0) is 6.54 Å². The summed E-state index contributed by atoms with van der Waals surface area (Å²) in [6.45, 7) is 0.216. The van der Waals surface area contributed by atoms with Gasteiger partial charge in [0, 0.05) is 23.7 Å². The lowest BCUT2D eigenvalue weighted by Gasteiger charge is -2.32. The minimum absolute atomic E-state index is 0. The number of piperidine rings is 1. The average Bonchev–Trinajstić information content (AvgIpc) is 2.42. The van der Waals surface area contributed by atoms with Crippen molar-refractivity contribution in [1.82, 2.24) is 4.90 Å². The summed E-state index contributed by atoms with van der Waals surface area (Å²) in [7, 11) is 0. The highest BCUT2D eigenvalue weighted by molar-refractivity contribution is 6.30. The van der Waals surface area contributed by atoms with Gasteiger partial charge in [0.15, 0.2) is 0 Å². The minimum Gasteiger partial charge on any atom is -0.434 e. The van der Waals surface area contributed by atoms with Gasteiger partial charge in [-0.1, -0.05) is 11.6 Å². The number of ether oxygens (including phenoxy) is 1. The van der Waals surface area contributed by atoms with Crippen LogP contribution in [0.25, 0.3) is 0 Å². The standard InChI is InChI=1S/C14H19ClF2N2O.ClH/c15-12-3-4-13(20-14(16)17)11(6-12)9-19-5-1-2-10(7-18)8-19;/h3-4,6,10,14H,1-2,5,7-9,18H2;1H. The van der Waals surface area contributed by atoms with Crippen LogP contribution in [0.2, 0.25) is 5.02 Å². The molecule has 1 aromatic rings. The van der Waals surface area contributed by atoms with Gasteiger partial charge in [-0.25, -0.2) is 0 Å². The number of alkyl halides is 2. The van der Waals surface area contributed by atoms with Gasteiger partial charge in [0.2, 0.25) is 0 Å². The molecule has 3 nitrogen and oxygen atoms in total. The zero-order valence-electron chi connectivity index (χ0n) is 11.6. The first-order chi connectivity index (χ1) is 9.58. The maximum atomic E-state index is 12.4. The number of rotatable bonds is 5. The zero-order chi connectivity index (χ0) is 14.5. The molecule has 1 aliphatic rings. The van der Waals surface area contributed by atoms with Crippen molar-refractivity contribution in [2.75, 3.05) is 19.6 Å². The second-order valence-corrected chi connectivity index (χ2v) is 5.55. The Morgan fingerprint density at radius 1 is 1.43 bits per heavy atom. The van der Waals surface area contributed by atoms with Gasteiger partial charge in [-0.3, -0.25) is 4.90 Å². The number of nitrogens with zero attached hydrogens (tertiary/aromatic N) is 1. The van der Waals surface area contributed by atoms with E-state index in [1.165, 1.54) is 6.07 Å². The van der Waals surface area contributed by atoms with E-state index in [1.54, 1.807) is 12.1 Å². The number of hydrogen-bond donors (Lipinski definition) is 1. The van der Waals surface area contributed by atoms with Crippen molar-refractivity contribution < 1.29 is 13.5 Å². The molecule has 0 amide bonds. The van der Waals surface area contributed by atoms with E-state index in [9.17, 15) is 8.78 Å². The van der Waals surface area contributed by atoms with Crippen LogP contribution in [0, 0.1) is 5.92 Å². The van der Waals surface area contributed by atoms with E-state index in [2.05, 4.69) is 9.64 Å². The lowest BCUT2D eigenvalue weighted by Crippen LogP contribution is -2.37. The molecule has 2 N–H and O–H groups in total. The number of halogens is 4. The molecule has 1 aromatic carbocycles. The van der Waals surface area contributed by atoms with E-state index in [-0.39, 0.29) is 18.2 Å². The topological polar surface area (TPSA) is 38.5 Å². The Bertz CT molecular complexity index is 449. The molecule has 0 bridgehead atoms. The van der Waals surface area contributed by atoms with Gasteiger partial charge in [0.1, 0.15) is 5.75 Å². The predicted octanol–water partition coefficient (Wildman–Crippen LogP) is 3.53. The Morgan fingerprint density at radius 3 is 2.86 bits per heavy atom. The van der Waals surface area contributed by atoms with Crippen LogP contribution in [-0.4, -0.2) is 31.1 Å². The SMILES string of the molecule is Cl.NCC1CCCN(Cc2cc(Cl)ccc2OC(F)F)C1. The number of hydrogen-bond acceptors (Lipinski definition) is 3. The van der Waals surface area contributed by atoms with E-state index in [0.717, 1.165) is 25.9 Å². The highest BCUT2D eigenvalue weighted by Gasteiger charge is 2.20. The first kappa shape index (κ1) is 18.4. The summed E-state index contributed by atoms with van der Waals surface area (Å²) in [5.41, 5.74) is 6.40. The lowest BCUT2D eigenvalue weighted by atomic mass is 9.98. The molecule has 0 saturated carbocycles. The molecule has 2 rings (SSSR count). The molecule has 21 heavy (non-hydrogen) atoms. The monoisotopic (exact) mass is 340 g/mol. The quantitative estimate of drug-likeness (QED) is 0.890. The summed E-state index contributed by atoms with van der Waals surface area (Å²) in [6, 6.07) is 4.74. The molecule has 1 unspecified atom stereocenters. The molecule has 1 atom stereocenters. The molecule has 1 fully saturated rings. The largest absolute Gasteiger partial charge is 0.434 e. The van der Waals surface area contributed by atoms with Crippen molar-refractivity contribution in [2.24, 2.45) is 11.7 Å². The van der Waals surface area contributed by atoms with Crippen molar-refractivity contribution in [3.8, 4) is 5.75 Å². The van der Waals surface area contributed by atoms with E-state index >= 15 is 0 Å². The summed E-state index contributed by atoms with van der Waals surface area (Å²) < 4.78 is 29.4. The molecule has 1 saturated heterocycles. The highest BCUT2D eigenvalue weighted by atomic mass is 35.5. The molecule has 0 spiro atoms. The van der Waals surface area contributed by atoms with Gasteiger partial charge in [-0.15, -0.1) is 12.4 Å². The Morgan fingerprint density at radius 2 is 2.19 bits per heavy atom. The Balaban J connectivity index is 0.00000220. The lowest BCUT2D eigenvalue weighted by molar-refractivity contribution is -0.0508. The molecule has 120 valence electrons. The van der Waals surface area contributed by atoms with Crippen LogP contribution < -0.4 is 10.5 Å². The van der Waals surface area contributed by atoms with Gasteiger partial charge in [-0.2, -0.15) is 8.78 Å². The van der Waals surface area contributed by atoms with E-state index in [4.69, 9.17) is 17.3 Å². The summed E-state index contributed by atoms with van der Waals surface area (Å²) in [5, 5.41) is 0.522. The van der Waals surface area contributed by atoms with Crippen LogP contribution in [0.5, 0.6) is 5.75 Å². The fourth-order valence-electron chi connectivity index (χ4n) is 2.61. The van der Waals surface area contributed by atoms with Crippen molar-refractivity contribution >= 4 is 24.0 Å². The molecule has 1 aliphatic heterocycles. The molecular formula is C14H20Cl2F2N2O. The molecule has 0 radical (unpaired) electrons. The van der Waals surface area contributed by atoms with Crippen molar-refractivity contribution in [1.29, 1.82) is 0 Å². The van der Waals surface area contributed by atoms with Gasteiger partial charge >= 0.3 is 6.61 Å². The van der Waals surface area contributed by atoms with E-state index in [0.29, 0.717) is 29.6 Å². The molecule has 7 heteroatoms. The summed E-state index contributed by atoms with van der Waals surface area (Å²) in [6.07, 6.45) is 2.20. The van der Waals surface area contributed by atoms with Gasteiger partial charge in [0.05, 0.1) is 0 Å². The predicted molar refractivity (Wildman–Crippen MR) is 82.4 cm³/mol. The molecule has 0 aliphatic carbocycles. The van der Waals surface area contributed by atoms with Crippen LogP contribution in [0.15, 0.2) is 18.2 Å². The molecular weight excluding hydrogens is 321 g/mol. The summed E-state index contributed by atoms with van der Waals surface area (Å²) >= 11 is 5.95. The van der Waals surface area contributed by atoms with Gasteiger partial charge in [0.25, 0.3) is 0 Å². The minimum atomic E-state index is -2.83. The zero-order valence-corrected chi connectivity index (χ0v) is 13.2. The van der Waals surface area contributed by atoms with Crippen LogP contribution >= 0.6 is 24.0 Å². The third-order valence-electron chi connectivity index (χ3n) is 3.57. The second kappa shape index (κ2) is 8.73. The normalized spacial score (nSPS) is 19.4. The fraction of sp³-hybridized carbons (Fsp3) is 0.571. The van der Waals surface area contributed by atoms with Crippen LogP contribution in [0.1, 0.15) is 18.4 Å². The maximum Gasteiger partial charge on any atom is 0.387 e. The highest BCUT2D eigenvalue weighted by Crippen LogP contribution is 2.27. The number of nitrogens with two attached hydrogens (primary N) is 1. The summed E-state index contributed by atoms with van der Waals surface area (Å²) in [4.78, 5) is 2.21. The Labute approximate surface area is 134 Å². The van der Waals surface area contributed by atoms with Crippen molar-refractivity contribution in [3.63, 3.8) is 0 Å². The average molecular weight is 341 g/mol. The second-order valence-electron chi connectivity index (χ2n) is 5.11. The van der Waals surface area contributed by atoms with E-state index < -0.39 is 6.61 Å². The Hall–Kier alpha value is -0.620. The number of benzene rings is 1. The van der Waals surface area contributed by atoms with Crippen LogP contribution in [0.4, 0.5) is 8.78 Å². The maximum absolute atomic E-state index is 12.4. The first-order valence-corrected chi connectivity index (χ1v) is 7.12. The number of likely N-dealkylation sites (tertiary alicyclic amines) is 1. The third-order valence-corrected chi connectivity index (χ3v) is 3.80. The smallest absolute Gasteiger partial charge is 0.387 e. The van der Waals surface area contributed by atoms with E-state index in [1.807, 2.05) is 0 Å². The first-order valence-electron chi connectivity index (χ1n) is 6.74. The van der Waals surface area contributed by atoms with Crippen molar-refractivity contribution in [3.05, 3.63) is 28.8 Å². The molecule has 1 heterocycles. The van der Waals surface area contributed by atoms with Gasteiger partial charge < -0.3 is 10.5 Å². The fourth-order valence-corrected chi connectivity index (χ4v) is 2.81. The van der Waals surface area contributed by atoms with Gasteiger partial charge in [-0.05, 0) is 50.0 Å². The Kier molecular flexibility index (Phi) is 7.66. The van der Waals surface area contributed by atoms with Crippen LogP contribution in [0.3, 0.4) is 0 Å². The summed E-state index contributed by atoms with van der Waals surface area (Å²) in [5.74, 6) is 0.668. The third kappa shape index (κ3) is 5.58. The van der Waals surface area contributed by atoms with Crippen molar-refractivity contribution in [2.45, 2.75) is 26.0 Å². The molecule has 0 aromatic heterocycles.